The number of aliphatic imine (C=N–C) groups is 1. The topological polar surface area (TPSA) is 24.4 Å². The molecule has 1 aromatic carbocycles. The Morgan fingerprint density at radius 2 is 1.79 bits per heavy atom. The van der Waals surface area contributed by atoms with Gasteiger partial charge in [0, 0.05) is 11.4 Å². The zero-order valence-corrected chi connectivity index (χ0v) is 13.4. The largest absolute Gasteiger partial charge is 0.335 e. The average Bonchev–Trinajstić information content (AvgIpc) is 2.26. The van der Waals surface area contributed by atoms with Crippen LogP contribution in [0.5, 0.6) is 0 Å². The normalized spacial score (nSPS) is 20.1. The monoisotopic (exact) mass is 276 g/mol. The van der Waals surface area contributed by atoms with Crippen molar-refractivity contribution in [3.63, 3.8) is 0 Å². The predicted molar refractivity (Wildman–Crippen MR) is 87.3 cm³/mol. The summed E-state index contributed by atoms with van der Waals surface area (Å²) in [5.41, 5.74) is 3.97. The number of amidine groups is 1. The average molecular weight is 276 g/mol. The fourth-order valence-corrected chi connectivity index (χ4v) is 3.30. The third-order valence-electron chi connectivity index (χ3n) is 3.38. The molecule has 0 saturated heterocycles. The molecule has 0 amide bonds. The Morgan fingerprint density at radius 1 is 1.16 bits per heavy atom. The van der Waals surface area contributed by atoms with Gasteiger partial charge in [-0.1, -0.05) is 38.6 Å². The van der Waals surface area contributed by atoms with E-state index in [1.807, 2.05) is 11.8 Å². The van der Waals surface area contributed by atoms with E-state index in [2.05, 4.69) is 58.1 Å². The standard InChI is InChI=1S/C16H24N2S/c1-11-8-12(2)10-13(9-11)17-15-18-14(6-7-19-15)16(3,4)5/h8-10,14H,6-7H2,1-5H3,(H,17,18). The van der Waals surface area contributed by atoms with Crippen LogP contribution in [0.15, 0.2) is 23.2 Å². The van der Waals surface area contributed by atoms with E-state index in [-0.39, 0.29) is 5.41 Å². The quantitative estimate of drug-likeness (QED) is 0.809. The Hall–Kier alpha value is -0.960. The minimum atomic E-state index is 0.246. The van der Waals surface area contributed by atoms with Gasteiger partial charge in [0.05, 0.1) is 6.04 Å². The Labute approximate surface area is 121 Å². The highest BCUT2D eigenvalue weighted by Crippen LogP contribution is 2.31. The molecule has 0 aliphatic carbocycles. The molecule has 0 saturated carbocycles. The summed E-state index contributed by atoms with van der Waals surface area (Å²) < 4.78 is 0. The molecule has 0 spiro atoms. The lowest BCUT2D eigenvalue weighted by Crippen LogP contribution is -2.30. The van der Waals surface area contributed by atoms with Gasteiger partial charge in [0.25, 0.3) is 0 Å². The molecule has 0 fully saturated rings. The van der Waals surface area contributed by atoms with Gasteiger partial charge in [0.15, 0.2) is 5.17 Å². The maximum atomic E-state index is 4.88. The first-order chi connectivity index (χ1) is 8.84. The molecule has 1 N–H and O–H groups in total. The van der Waals surface area contributed by atoms with Crippen molar-refractivity contribution in [3.8, 4) is 0 Å². The number of hydrogen-bond acceptors (Lipinski definition) is 3. The maximum Gasteiger partial charge on any atom is 0.161 e. The van der Waals surface area contributed by atoms with Gasteiger partial charge < -0.3 is 5.32 Å². The lowest BCUT2D eigenvalue weighted by Gasteiger charge is -2.31. The van der Waals surface area contributed by atoms with Crippen LogP contribution in [0.2, 0.25) is 0 Å². The van der Waals surface area contributed by atoms with E-state index < -0.39 is 0 Å². The number of rotatable bonds is 1. The second-order valence-electron chi connectivity index (χ2n) is 6.45. The van der Waals surface area contributed by atoms with E-state index in [0.717, 1.165) is 16.6 Å². The summed E-state index contributed by atoms with van der Waals surface area (Å²) in [6.45, 7) is 11.1. The van der Waals surface area contributed by atoms with Crippen LogP contribution in [-0.2, 0) is 0 Å². The molecule has 1 unspecified atom stereocenters. The van der Waals surface area contributed by atoms with Crippen molar-refractivity contribution in [1.82, 2.24) is 0 Å². The molecule has 0 aromatic heterocycles. The third kappa shape index (κ3) is 4.00. The number of hydrogen-bond donors (Lipinski definition) is 1. The first-order valence-electron chi connectivity index (χ1n) is 6.90. The molecule has 1 heterocycles. The zero-order valence-electron chi connectivity index (χ0n) is 12.6. The van der Waals surface area contributed by atoms with Crippen molar-refractivity contribution < 1.29 is 0 Å². The predicted octanol–water partition coefficient (Wildman–Crippen LogP) is 4.62. The van der Waals surface area contributed by atoms with Gasteiger partial charge in [0.1, 0.15) is 0 Å². The lowest BCUT2D eigenvalue weighted by atomic mass is 9.85. The van der Waals surface area contributed by atoms with Gasteiger partial charge in [-0.3, -0.25) is 4.99 Å². The Morgan fingerprint density at radius 3 is 2.37 bits per heavy atom. The third-order valence-corrected chi connectivity index (χ3v) is 4.30. The van der Waals surface area contributed by atoms with E-state index in [1.165, 1.54) is 17.5 Å². The van der Waals surface area contributed by atoms with Crippen molar-refractivity contribution >= 4 is 22.6 Å². The number of anilines is 1. The summed E-state index contributed by atoms with van der Waals surface area (Å²) in [7, 11) is 0. The minimum absolute atomic E-state index is 0.246. The molecule has 19 heavy (non-hydrogen) atoms. The van der Waals surface area contributed by atoms with Crippen LogP contribution >= 0.6 is 11.8 Å². The van der Waals surface area contributed by atoms with Crippen molar-refractivity contribution in [1.29, 1.82) is 0 Å². The van der Waals surface area contributed by atoms with E-state index >= 15 is 0 Å². The van der Waals surface area contributed by atoms with Crippen LogP contribution in [0, 0.1) is 19.3 Å². The minimum Gasteiger partial charge on any atom is -0.335 e. The second-order valence-corrected chi connectivity index (χ2v) is 7.54. The Kier molecular flexibility index (Phi) is 4.24. The van der Waals surface area contributed by atoms with Crippen LogP contribution in [0.3, 0.4) is 0 Å². The van der Waals surface area contributed by atoms with E-state index in [1.54, 1.807) is 0 Å². The number of benzene rings is 1. The molecular weight excluding hydrogens is 252 g/mol. The van der Waals surface area contributed by atoms with Crippen molar-refractivity contribution in [3.05, 3.63) is 29.3 Å². The van der Waals surface area contributed by atoms with E-state index in [0.29, 0.717) is 6.04 Å². The van der Waals surface area contributed by atoms with Gasteiger partial charge in [-0.25, -0.2) is 0 Å². The van der Waals surface area contributed by atoms with E-state index in [4.69, 9.17) is 4.99 Å². The van der Waals surface area contributed by atoms with Crippen LogP contribution < -0.4 is 5.32 Å². The molecule has 2 rings (SSSR count). The molecule has 0 radical (unpaired) electrons. The van der Waals surface area contributed by atoms with Crippen molar-refractivity contribution in [2.24, 2.45) is 10.4 Å². The smallest absolute Gasteiger partial charge is 0.161 e. The second kappa shape index (κ2) is 5.58. The summed E-state index contributed by atoms with van der Waals surface area (Å²) in [5, 5.41) is 4.54. The van der Waals surface area contributed by atoms with Gasteiger partial charge in [0.2, 0.25) is 0 Å². The van der Waals surface area contributed by atoms with Gasteiger partial charge in [-0.05, 0) is 48.9 Å². The molecule has 1 aliphatic rings. The Bertz CT molecular complexity index is 466. The van der Waals surface area contributed by atoms with Gasteiger partial charge in [-0.15, -0.1) is 0 Å². The fourth-order valence-electron chi connectivity index (χ4n) is 2.38. The SMILES string of the molecule is Cc1cc(C)cc(NC2=NC(C(C)(C)C)CCS2)c1. The van der Waals surface area contributed by atoms with Gasteiger partial charge >= 0.3 is 0 Å². The summed E-state index contributed by atoms with van der Waals surface area (Å²) in [6, 6.07) is 6.97. The first-order valence-corrected chi connectivity index (χ1v) is 7.89. The van der Waals surface area contributed by atoms with E-state index in [9.17, 15) is 0 Å². The first kappa shape index (κ1) is 14.4. The molecule has 1 aromatic rings. The molecule has 3 heteroatoms. The zero-order chi connectivity index (χ0) is 14.0. The molecular formula is C16H24N2S. The summed E-state index contributed by atoms with van der Waals surface area (Å²) >= 11 is 1.83. The molecule has 1 aliphatic heterocycles. The fraction of sp³-hybridized carbons (Fsp3) is 0.562. The van der Waals surface area contributed by atoms with Crippen LogP contribution in [0.25, 0.3) is 0 Å². The number of aryl methyl sites for hydroxylation is 2. The summed E-state index contributed by atoms with van der Waals surface area (Å²) in [5.74, 6) is 1.15. The van der Waals surface area contributed by atoms with Crippen LogP contribution in [-0.4, -0.2) is 17.0 Å². The maximum absolute atomic E-state index is 4.88. The van der Waals surface area contributed by atoms with Crippen molar-refractivity contribution in [2.45, 2.75) is 47.1 Å². The van der Waals surface area contributed by atoms with Crippen LogP contribution in [0.1, 0.15) is 38.3 Å². The highest BCUT2D eigenvalue weighted by molar-refractivity contribution is 8.14. The lowest BCUT2D eigenvalue weighted by molar-refractivity contribution is 0.316. The number of nitrogens with zero attached hydrogens (tertiary/aromatic N) is 1. The summed E-state index contributed by atoms with van der Waals surface area (Å²) in [6.07, 6.45) is 1.17. The van der Waals surface area contributed by atoms with Gasteiger partial charge in [-0.2, -0.15) is 0 Å². The number of nitrogens with one attached hydrogen (secondary N) is 1. The van der Waals surface area contributed by atoms with Crippen LogP contribution in [0.4, 0.5) is 5.69 Å². The molecule has 0 bridgehead atoms. The highest BCUT2D eigenvalue weighted by atomic mass is 32.2. The number of thioether (sulfide) groups is 1. The Balaban J connectivity index is 2.16. The molecule has 2 nitrogen and oxygen atoms in total. The molecule has 1 atom stereocenters. The van der Waals surface area contributed by atoms with Crippen molar-refractivity contribution in [2.75, 3.05) is 11.1 Å². The summed E-state index contributed by atoms with van der Waals surface area (Å²) in [4.78, 5) is 4.88. The molecule has 104 valence electrons. The highest BCUT2D eigenvalue weighted by Gasteiger charge is 2.27.